The monoisotopic (exact) mass is 173 g/mol. The van der Waals surface area contributed by atoms with Crippen molar-refractivity contribution in [3.63, 3.8) is 0 Å². The van der Waals surface area contributed by atoms with Crippen LogP contribution in [0.3, 0.4) is 0 Å². The highest BCUT2D eigenvalue weighted by Crippen LogP contribution is 2.12. The van der Waals surface area contributed by atoms with E-state index in [0.29, 0.717) is 6.04 Å². The summed E-state index contributed by atoms with van der Waals surface area (Å²) in [6.07, 6.45) is 0.239. The molecule has 3 heteroatoms. The van der Waals surface area contributed by atoms with E-state index in [-0.39, 0.29) is 12.4 Å². The summed E-state index contributed by atoms with van der Waals surface area (Å²) in [4.78, 5) is 2.22. The van der Waals surface area contributed by atoms with Crippen molar-refractivity contribution in [2.24, 2.45) is 0 Å². The molecule has 1 aliphatic rings. The maximum absolute atomic E-state index is 5.52. The summed E-state index contributed by atoms with van der Waals surface area (Å²) >= 11 is 0. The molecular weight excluding hydrogens is 154 g/mol. The highest BCUT2D eigenvalue weighted by molar-refractivity contribution is 4.65. The second-order valence-corrected chi connectivity index (χ2v) is 3.74. The Bertz CT molecular complexity index is 138. The van der Waals surface area contributed by atoms with E-state index in [1.165, 1.54) is 0 Å². The average Bonchev–Trinajstić information content (AvgIpc) is 2.35. The summed E-state index contributed by atoms with van der Waals surface area (Å²) in [6.45, 7) is 7.96. The Hall–Kier alpha value is -0.120. The fourth-order valence-electron chi connectivity index (χ4n) is 1.12. The molecular formula is C9H19NO2. The lowest BCUT2D eigenvalue weighted by atomic mass is 10.3. The van der Waals surface area contributed by atoms with Crippen LogP contribution in [0.5, 0.6) is 0 Å². The third kappa shape index (κ3) is 2.73. The topological polar surface area (TPSA) is 21.7 Å². The van der Waals surface area contributed by atoms with E-state index in [9.17, 15) is 0 Å². The molecule has 72 valence electrons. The largest absolute Gasteiger partial charge is 0.349 e. The first-order valence-corrected chi connectivity index (χ1v) is 4.57. The predicted octanol–water partition coefficient (Wildman–Crippen LogP) is 1.09. The maximum atomic E-state index is 5.52. The van der Waals surface area contributed by atoms with Crippen molar-refractivity contribution in [3.8, 4) is 0 Å². The van der Waals surface area contributed by atoms with Crippen LogP contribution in [0.1, 0.15) is 20.8 Å². The van der Waals surface area contributed by atoms with Crippen LogP contribution in [0.15, 0.2) is 0 Å². The molecule has 3 nitrogen and oxygen atoms in total. The Balaban J connectivity index is 2.23. The maximum Gasteiger partial charge on any atom is 0.170 e. The molecule has 0 saturated carbocycles. The fourth-order valence-corrected chi connectivity index (χ4v) is 1.12. The van der Waals surface area contributed by atoms with Gasteiger partial charge < -0.3 is 9.47 Å². The van der Waals surface area contributed by atoms with Crippen LogP contribution >= 0.6 is 0 Å². The number of nitrogens with zero attached hydrogens (tertiary/aromatic N) is 1. The van der Waals surface area contributed by atoms with Crippen molar-refractivity contribution in [2.75, 3.05) is 20.2 Å². The molecule has 0 spiro atoms. The molecule has 1 rings (SSSR count). The molecule has 1 heterocycles. The van der Waals surface area contributed by atoms with E-state index in [1.807, 2.05) is 6.92 Å². The zero-order valence-corrected chi connectivity index (χ0v) is 8.41. The number of hydrogen-bond donors (Lipinski definition) is 0. The van der Waals surface area contributed by atoms with E-state index in [2.05, 4.69) is 25.8 Å². The first-order chi connectivity index (χ1) is 5.59. The molecule has 0 aromatic carbocycles. The van der Waals surface area contributed by atoms with Crippen LogP contribution in [-0.2, 0) is 9.47 Å². The molecule has 2 unspecified atom stereocenters. The van der Waals surface area contributed by atoms with Crippen molar-refractivity contribution in [1.82, 2.24) is 4.90 Å². The van der Waals surface area contributed by atoms with Gasteiger partial charge >= 0.3 is 0 Å². The van der Waals surface area contributed by atoms with Gasteiger partial charge in [0.25, 0.3) is 0 Å². The third-order valence-electron chi connectivity index (χ3n) is 2.22. The van der Waals surface area contributed by atoms with Crippen molar-refractivity contribution >= 4 is 0 Å². The highest BCUT2D eigenvalue weighted by Gasteiger charge is 2.23. The summed E-state index contributed by atoms with van der Waals surface area (Å²) in [5.41, 5.74) is 0. The van der Waals surface area contributed by atoms with Crippen LogP contribution in [0.25, 0.3) is 0 Å². The van der Waals surface area contributed by atoms with Gasteiger partial charge in [-0.15, -0.1) is 0 Å². The van der Waals surface area contributed by atoms with E-state index < -0.39 is 0 Å². The Morgan fingerprint density at radius 3 is 2.58 bits per heavy atom. The molecule has 0 aromatic rings. The lowest BCUT2D eigenvalue weighted by Crippen LogP contribution is -2.34. The van der Waals surface area contributed by atoms with Crippen LogP contribution in [0, 0.1) is 0 Å². The summed E-state index contributed by atoms with van der Waals surface area (Å²) in [5, 5.41) is 0. The third-order valence-corrected chi connectivity index (χ3v) is 2.22. The number of ether oxygens (including phenoxy) is 2. The van der Waals surface area contributed by atoms with Crippen molar-refractivity contribution < 1.29 is 9.47 Å². The smallest absolute Gasteiger partial charge is 0.170 e. The molecule has 12 heavy (non-hydrogen) atoms. The quantitative estimate of drug-likeness (QED) is 0.637. The molecule has 1 aliphatic heterocycles. The van der Waals surface area contributed by atoms with Gasteiger partial charge in [0.15, 0.2) is 6.29 Å². The van der Waals surface area contributed by atoms with Crippen molar-refractivity contribution in [1.29, 1.82) is 0 Å². The predicted molar refractivity (Wildman–Crippen MR) is 48.1 cm³/mol. The van der Waals surface area contributed by atoms with Crippen LogP contribution in [-0.4, -0.2) is 43.5 Å². The lowest BCUT2D eigenvalue weighted by molar-refractivity contribution is -0.0731. The SMILES string of the molecule is CC1COC(CN(C)C(C)C)O1. The summed E-state index contributed by atoms with van der Waals surface area (Å²) in [5.74, 6) is 0. The van der Waals surface area contributed by atoms with Gasteiger partial charge in [0.1, 0.15) is 0 Å². The average molecular weight is 173 g/mol. The molecule has 0 aliphatic carbocycles. The Kier molecular flexibility index (Phi) is 3.50. The van der Waals surface area contributed by atoms with Crippen LogP contribution < -0.4 is 0 Å². The zero-order chi connectivity index (χ0) is 9.14. The standard InChI is InChI=1S/C9H19NO2/c1-7(2)10(4)5-9-11-6-8(3)12-9/h7-9H,5-6H2,1-4H3. The summed E-state index contributed by atoms with van der Waals surface area (Å²) in [7, 11) is 2.08. The summed E-state index contributed by atoms with van der Waals surface area (Å²) < 4.78 is 10.9. The molecule has 0 radical (unpaired) electrons. The van der Waals surface area contributed by atoms with E-state index in [4.69, 9.17) is 9.47 Å². The van der Waals surface area contributed by atoms with Crippen LogP contribution in [0.4, 0.5) is 0 Å². The normalized spacial score (nSPS) is 30.5. The van der Waals surface area contributed by atoms with Gasteiger partial charge in [0.2, 0.25) is 0 Å². The first-order valence-electron chi connectivity index (χ1n) is 4.57. The van der Waals surface area contributed by atoms with Gasteiger partial charge in [-0.05, 0) is 27.8 Å². The van der Waals surface area contributed by atoms with E-state index in [0.717, 1.165) is 13.2 Å². The molecule has 1 fully saturated rings. The second-order valence-electron chi connectivity index (χ2n) is 3.74. The van der Waals surface area contributed by atoms with E-state index in [1.54, 1.807) is 0 Å². The van der Waals surface area contributed by atoms with Gasteiger partial charge in [-0.25, -0.2) is 0 Å². The Labute approximate surface area is 74.6 Å². The minimum absolute atomic E-state index is 0.0209. The molecule has 1 saturated heterocycles. The number of hydrogen-bond acceptors (Lipinski definition) is 3. The van der Waals surface area contributed by atoms with Crippen molar-refractivity contribution in [2.45, 2.75) is 39.2 Å². The molecule has 0 N–H and O–H groups in total. The number of rotatable bonds is 3. The minimum atomic E-state index is -0.0209. The van der Waals surface area contributed by atoms with Gasteiger partial charge in [-0.1, -0.05) is 0 Å². The Morgan fingerprint density at radius 2 is 2.17 bits per heavy atom. The Morgan fingerprint density at radius 1 is 1.50 bits per heavy atom. The lowest BCUT2D eigenvalue weighted by Gasteiger charge is -2.23. The first kappa shape index (κ1) is 9.96. The molecule has 0 aromatic heterocycles. The highest BCUT2D eigenvalue weighted by atomic mass is 16.7. The minimum Gasteiger partial charge on any atom is -0.349 e. The summed E-state index contributed by atoms with van der Waals surface area (Å²) in [6, 6.07) is 0.549. The van der Waals surface area contributed by atoms with E-state index >= 15 is 0 Å². The van der Waals surface area contributed by atoms with Gasteiger partial charge in [-0.3, -0.25) is 4.90 Å². The van der Waals surface area contributed by atoms with Gasteiger partial charge in [0.05, 0.1) is 12.7 Å². The fraction of sp³-hybridized carbons (Fsp3) is 1.00. The molecule has 2 atom stereocenters. The molecule has 0 amide bonds. The zero-order valence-electron chi connectivity index (χ0n) is 8.41. The second kappa shape index (κ2) is 4.21. The van der Waals surface area contributed by atoms with Crippen molar-refractivity contribution in [3.05, 3.63) is 0 Å². The van der Waals surface area contributed by atoms with Crippen LogP contribution in [0.2, 0.25) is 0 Å². The van der Waals surface area contributed by atoms with Gasteiger partial charge in [0, 0.05) is 12.6 Å². The van der Waals surface area contributed by atoms with Gasteiger partial charge in [-0.2, -0.15) is 0 Å². The molecule has 0 bridgehead atoms. The number of likely N-dealkylation sites (N-methyl/N-ethyl adjacent to an activating group) is 1.